The minimum absolute atomic E-state index is 0.0461. The van der Waals surface area contributed by atoms with Gasteiger partial charge in [0, 0.05) is 31.4 Å². The van der Waals surface area contributed by atoms with Crippen LogP contribution in [0.3, 0.4) is 0 Å². The van der Waals surface area contributed by atoms with Crippen molar-refractivity contribution in [3.8, 4) is 0 Å². The van der Waals surface area contributed by atoms with E-state index in [0.717, 1.165) is 22.9 Å². The van der Waals surface area contributed by atoms with E-state index in [0.29, 0.717) is 18.8 Å². The Morgan fingerprint density at radius 3 is 2.54 bits per heavy atom. The Bertz CT molecular complexity index is 684. The van der Waals surface area contributed by atoms with Crippen LogP contribution in [0.15, 0.2) is 11.1 Å². The topological polar surface area (TPSA) is 71.1 Å². The highest BCUT2D eigenvalue weighted by atomic mass is 79.9. The van der Waals surface area contributed by atoms with Crippen molar-refractivity contribution in [3.63, 3.8) is 0 Å². The van der Waals surface area contributed by atoms with E-state index in [1.54, 1.807) is 0 Å². The number of Topliss-reactive ketones (excluding diaryl/α,β-unsaturated/α-hetero) is 1. The Labute approximate surface area is 161 Å². The molecule has 2 fully saturated rings. The number of ketones is 1. The smallest absolute Gasteiger partial charge is 0.309 e. The van der Waals surface area contributed by atoms with Gasteiger partial charge >= 0.3 is 5.97 Å². The van der Waals surface area contributed by atoms with Crippen molar-refractivity contribution >= 4 is 27.7 Å². The maximum absolute atomic E-state index is 13.4. The normalized spacial score (nSPS) is 42.8. The van der Waals surface area contributed by atoms with Crippen LogP contribution in [-0.4, -0.2) is 55.9 Å². The maximum atomic E-state index is 13.4. The summed E-state index contributed by atoms with van der Waals surface area (Å²) in [5, 5.41) is 0.851. The van der Waals surface area contributed by atoms with E-state index in [1.165, 1.54) is 21.3 Å². The SMILES string of the molecule is COC(=O)C1CC2C3=C(C[C@]4(C)O[C@H]3C[C@@H]4CBr)C1C(=O)C2(OC)OC. The quantitative estimate of drug-likeness (QED) is 0.296. The zero-order chi connectivity index (χ0) is 18.9. The Kier molecular flexibility index (Phi) is 4.38. The molecule has 5 rings (SSSR count). The van der Waals surface area contributed by atoms with Crippen molar-refractivity contribution < 1.29 is 28.5 Å². The third kappa shape index (κ3) is 2.14. The first-order valence-corrected chi connectivity index (χ1v) is 10.2. The van der Waals surface area contributed by atoms with Crippen LogP contribution in [0, 0.1) is 23.7 Å². The largest absolute Gasteiger partial charge is 0.469 e. The number of esters is 1. The standard InChI is InChI=1S/C19H25BrO6/c1-18-7-11-14-10(17(22)23-2)6-12(19(24-3,25-4)16(14)21)15(11)13(26-18)5-9(18)8-20/h9-10,12-14H,5-8H2,1-4H3/t9-,10?,12?,13+,14?,18+/m1/s1. The molecule has 0 amide bonds. The number of ether oxygens (including phenoxy) is 4. The summed E-state index contributed by atoms with van der Waals surface area (Å²) in [7, 11) is 4.37. The van der Waals surface area contributed by atoms with Crippen LogP contribution in [0.1, 0.15) is 26.2 Å². The molecule has 0 aromatic heterocycles. The Balaban J connectivity index is 1.85. The molecule has 4 bridgehead atoms. The van der Waals surface area contributed by atoms with Gasteiger partial charge in [0.25, 0.3) is 0 Å². The molecule has 0 aromatic rings. The molecule has 0 radical (unpaired) electrons. The number of hydrogen-bond acceptors (Lipinski definition) is 6. The summed E-state index contributed by atoms with van der Waals surface area (Å²) < 4.78 is 22.7. The second-order valence-electron chi connectivity index (χ2n) is 8.00. The Morgan fingerprint density at radius 2 is 1.96 bits per heavy atom. The van der Waals surface area contributed by atoms with Crippen molar-refractivity contribution in [3.05, 3.63) is 11.1 Å². The van der Waals surface area contributed by atoms with E-state index in [2.05, 4.69) is 22.9 Å². The van der Waals surface area contributed by atoms with Gasteiger partial charge in [0.1, 0.15) is 0 Å². The summed E-state index contributed by atoms with van der Waals surface area (Å²) in [4.78, 5) is 25.8. The van der Waals surface area contributed by atoms with E-state index in [4.69, 9.17) is 18.9 Å². The number of hydrogen-bond donors (Lipinski definition) is 0. The van der Waals surface area contributed by atoms with Crippen LogP contribution in [-0.2, 0) is 28.5 Å². The van der Waals surface area contributed by atoms with Crippen molar-refractivity contribution in [2.45, 2.75) is 43.7 Å². The molecule has 26 heavy (non-hydrogen) atoms. The third-order valence-electron chi connectivity index (χ3n) is 7.06. The summed E-state index contributed by atoms with van der Waals surface area (Å²) >= 11 is 3.61. The zero-order valence-corrected chi connectivity index (χ0v) is 17.1. The minimum Gasteiger partial charge on any atom is -0.469 e. The summed E-state index contributed by atoms with van der Waals surface area (Å²) in [5.74, 6) is -2.81. The van der Waals surface area contributed by atoms with Gasteiger partial charge in [0.05, 0.1) is 30.7 Å². The van der Waals surface area contributed by atoms with E-state index in [-0.39, 0.29) is 29.4 Å². The third-order valence-corrected chi connectivity index (χ3v) is 7.84. The molecular weight excluding hydrogens is 404 g/mol. The molecule has 0 aromatic carbocycles. The molecule has 144 valence electrons. The molecule has 0 spiro atoms. The second kappa shape index (κ2) is 6.12. The van der Waals surface area contributed by atoms with Gasteiger partial charge in [-0.15, -0.1) is 0 Å². The molecule has 0 N–H and O–H groups in total. The fraction of sp³-hybridized carbons (Fsp3) is 0.789. The first-order chi connectivity index (χ1) is 12.4. The summed E-state index contributed by atoms with van der Waals surface area (Å²) in [6.07, 6.45) is 2.01. The van der Waals surface area contributed by atoms with Gasteiger partial charge in [-0.2, -0.15) is 0 Å². The van der Waals surface area contributed by atoms with Gasteiger partial charge in [-0.05, 0) is 31.8 Å². The Hall–Kier alpha value is -0.760. The molecule has 1 saturated carbocycles. The van der Waals surface area contributed by atoms with E-state index >= 15 is 0 Å². The molecule has 7 heteroatoms. The molecule has 6 nitrogen and oxygen atoms in total. The van der Waals surface area contributed by atoms with Gasteiger partial charge in [-0.3, -0.25) is 9.59 Å². The molecule has 3 unspecified atom stereocenters. The number of methoxy groups -OCH3 is 3. The number of halogens is 1. The lowest BCUT2D eigenvalue weighted by molar-refractivity contribution is -0.247. The van der Waals surface area contributed by atoms with Gasteiger partial charge in [0.2, 0.25) is 11.6 Å². The van der Waals surface area contributed by atoms with E-state index in [1.807, 2.05) is 0 Å². The number of carbonyl (C=O) groups excluding carboxylic acids is 2. The van der Waals surface area contributed by atoms with Gasteiger partial charge in [-0.25, -0.2) is 0 Å². The average molecular weight is 429 g/mol. The lowest BCUT2D eigenvalue weighted by Gasteiger charge is -2.55. The fourth-order valence-electron chi connectivity index (χ4n) is 5.81. The first kappa shape index (κ1) is 18.6. The van der Waals surface area contributed by atoms with Crippen molar-refractivity contribution in [2.75, 3.05) is 26.7 Å². The van der Waals surface area contributed by atoms with Crippen LogP contribution in [0.4, 0.5) is 0 Å². The monoisotopic (exact) mass is 428 g/mol. The van der Waals surface area contributed by atoms with Crippen LogP contribution in [0.25, 0.3) is 0 Å². The van der Waals surface area contributed by atoms with Gasteiger partial charge < -0.3 is 18.9 Å². The predicted molar refractivity (Wildman–Crippen MR) is 95.7 cm³/mol. The summed E-state index contributed by atoms with van der Waals surface area (Å²) in [6.45, 7) is 2.11. The average Bonchev–Trinajstić information content (AvgIpc) is 2.91. The van der Waals surface area contributed by atoms with Crippen LogP contribution < -0.4 is 0 Å². The second-order valence-corrected chi connectivity index (χ2v) is 8.65. The number of alkyl halides is 1. The first-order valence-electron chi connectivity index (χ1n) is 9.05. The molecule has 2 heterocycles. The predicted octanol–water partition coefficient (Wildman–Crippen LogP) is 2.24. The fourth-order valence-corrected chi connectivity index (χ4v) is 6.76. The lowest BCUT2D eigenvalue weighted by atomic mass is 9.55. The summed E-state index contributed by atoms with van der Waals surface area (Å²) in [6, 6.07) is 0. The molecule has 6 atom stereocenters. The van der Waals surface area contributed by atoms with Gasteiger partial charge in [0.15, 0.2) is 0 Å². The molecule has 3 aliphatic carbocycles. The highest BCUT2D eigenvalue weighted by Gasteiger charge is 2.68. The number of rotatable bonds is 4. The maximum Gasteiger partial charge on any atom is 0.309 e. The summed E-state index contributed by atoms with van der Waals surface area (Å²) in [5.41, 5.74) is 1.88. The Morgan fingerprint density at radius 1 is 1.27 bits per heavy atom. The van der Waals surface area contributed by atoms with Crippen molar-refractivity contribution in [2.24, 2.45) is 23.7 Å². The number of fused-ring (bicyclic) bond motifs is 4. The van der Waals surface area contributed by atoms with Crippen LogP contribution in [0.2, 0.25) is 0 Å². The molecule has 5 aliphatic rings. The van der Waals surface area contributed by atoms with Crippen molar-refractivity contribution in [1.82, 2.24) is 0 Å². The van der Waals surface area contributed by atoms with E-state index in [9.17, 15) is 9.59 Å². The lowest BCUT2D eigenvalue weighted by Crippen LogP contribution is -2.65. The zero-order valence-electron chi connectivity index (χ0n) is 15.5. The van der Waals surface area contributed by atoms with Gasteiger partial charge in [-0.1, -0.05) is 21.5 Å². The number of carbonyl (C=O) groups is 2. The van der Waals surface area contributed by atoms with Crippen LogP contribution in [0.5, 0.6) is 0 Å². The minimum atomic E-state index is -1.34. The van der Waals surface area contributed by atoms with E-state index < -0.39 is 17.6 Å². The van der Waals surface area contributed by atoms with Crippen LogP contribution >= 0.6 is 15.9 Å². The molecule has 2 aliphatic heterocycles. The molecular formula is C19H25BrO6. The van der Waals surface area contributed by atoms with Crippen molar-refractivity contribution in [1.29, 1.82) is 0 Å². The highest BCUT2D eigenvalue weighted by Crippen LogP contribution is 2.61. The highest BCUT2D eigenvalue weighted by molar-refractivity contribution is 9.09. The molecule has 1 saturated heterocycles.